The van der Waals surface area contributed by atoms with Gasteiger partial charge in [0.25, 0.3) is 5.91 Å². The normalized spacial score (nSPS) is 12.7. The summed E-state index contributed by atoms with van der Waals surface area (Å²) in [6.45, 7) is 5.62. The van der Waals surface area contributed by atoms with Crippen LogP contribution in [0.1, 0.15) is 36.1 Å². The molecule has 1 unspecified atom stereocenters. The molecule has 9 nitrogen and oxygen atoms in total. The minimum atomic E-state index is -0.417. The van der Waals surface area contributed by atoms with Crippen molar-refractivity contribution in [2.75, 3.05) is 33.9 Å². The number of likely N-dealkylation sites (N-methyl/N-ethyl adjacent to an activating group) is 1. The van der Waals surface area contributed by atoms with Crippen LogP contribution >= 0.6 is 0 Å². The van der Waals surface area contributed by atoms with Gasteiger partial charge < -0.3 is 19.2 Å². The van der Waals surface area contributed by atoms with Crippen molar-refractivity contribution >= 4 is 5.91 Å². The Morgan fingerprint density at radius 3 is 2.65 bits per heavy atom. The van der Waals surface area contributed by atoms with Gasteiger partial charge in [-0.25, -0.2) is 4.68 Å². The molecule has 0 bridgehead atoms. The number of nitrogens with zero attached hydrogens (tertiary/aromatic N) is 4. The van der Waals surface area contributed by atoms with Gasteiger partial charge in [-0.05, 0) is 40.1 Å². The summed E-state index contributed by atoms with van der Waals surface area (Å²) in [6, 6.07) is 3.64. The van der Waals surface area contributed by atoms with Gasteiger partial charge in [0.05, 0.1) is 25.0 Å². The molecule has 2 heterocycles. The molecule has 0 aliphatic carbocycles. The molecule has 2 aromatic rings. The monoisotopic (exact) mass is 365 g/mol. The van der Waals surface area contributed by atoms with Crippen LogP contribution in [0.25, 0.3) is 0 Å². The zero-order valence-electron chi connectivity index (χ0n) is 15.7. The molecule has 144 valence electrons. The van der Waals surface area contributed by atoms with Crippen LogP contribution in [0.4, 0.5) is 0 Å². The molecule has 0 spiro atoms. The highest BCUT2D eigenvalue weighted by molar-refractivity contribution is 5.91. The molecule has 2 rings (SSSR count). The number of hydrogen-bond acceptors (Lipinski definition) is 7. The van der Waals surface area contributed by atoms with Crippen molar-refractivity contribution in [2.45, 2.75) is 32.7 Å². The topological polar surface area (TPSA) is 94.7 Å². The molecule has 1 amide bonds. The van der Waals surface area contributed by atoms with Crippen molar-refractivity contribution in [2.24, 2.45) is 0 Å². The number of ether oxygens (including phenoxy) is 2. The van der Waals surface area contributed by atoms with E-state index in [1.165, 1.54) is 0 Å². The first-order chi connectivity index (χ1) is 12.5. The molecule has 1 atom stereocenters. The minimum absolute atomic E-state index is 0.0655. The van der Waals surface area contributed by atoms with Gasteiger partial charge >= 0.3 is 0 Å². The summed E-state index contributed by atoms with van der Waals surface area (Å²) in [6.07, 6.45) is 2.78. The molecule has 0 radical (unpaired) electrons. The standard InChI is InChI=1S/C17H27N5O4/c1-5-24-16(25-6-2)12-22-11-13(19-20-22)17(23)18-10-14(21(3)4)15-8-7-9-26-15/h7-9,11,14,16H,5-6,10,12H2,1-4H3,(H,18,23). The second-order valence-corrected chi connectivity index (χ2v) is 5.87. The maximum atomic E-state index is 12.4. The Morgan fingerprint density at radius 1 is 1.35 bits per heavy atom. The van der Waals surface area contributed by atoms with Crippen molar-refractivity contribution in [3.63, 3.8) is 0 Å². The summed E-state index contributed by atoms with van der Waals surface area (Å²) in [5.41, 5.74) is 0.244. The third-order valence-corrected chi connectivity index (χ3v) is 3.76. The Hall–Kier alpha value is -2.23. The molecule has 0 aliphatic rings. The fourth-order valence-corrected chi connectivity index (χ4v) is 2.47. The lowest BCUT2D eigenvalue weighted by Crippen LogP contribution is -2.34. The second-order valence-electron chi connectivity index (χ2n) is 5.87. The fourth-order valence-electron chi connectivity index (χ4n) is 2.47. The van der Waals surface area contributed by atoms with Gasteiger partial charge in [0.15, 0.2) is 12.0 Å². The van der Waals surface area contributed by atoms with Crippen molar-refractivity contribution in [3.8, 4) is 0 Å². The number of furan rings is 1. The molecular weight excluding hydrogens is 338 g/mol. The van der Waals surface area contributed by atoms with Crippen LogP contribution < -0.4 is 5.32 Å². The predicted octanol–water partition coefficient (Wildman–Crippen LogP) is 1.30. The molecule has 2 aromatic heterocycles. The molecule has 0 aromatic carbocycles. The van der Waals surface area contributed by atoms with Gasteiger partial charge in [0, 0.05) is 19.8 Å². The highest BCUT2D eigenvalue weighted by Crippen LogP contribution is 2.17. The SMILES string of the molecule is CCOC(Cn1cc(C(=O)NCC(c2ccco2)N(C)C)nn1)OCC. The third kappa shape index (κ3) is 5.65. The molecule has 26 heavy (non-hydrogen) atoms. The van der Waals surface area contributed by atoms with Crippen LogP contribution in [-0.2, 0) is 16.0 Å². The maximum Gasteiger partial charge on any atom is 0.273 e. The lowest BCUT2D eigenvalue weighted by Gasteiger charge is -2.22. The lowest BCUT2D eigenvalue weighted by atomic mass is 10.2. The van der Waals surface area contributed by atoms with Crippen molar-refractivity contribution in [1.29, 1.82) is 0 Å². The molecule has 0 saturated carbocycles. The summed E-state index contributed by atoms with van der Waals surface area (Å²) in [4.78, 5) is 14.3. The van der Waals surface area contributed by atoms with Gasteiger partial charge in [-0.15, -0.1) is 5.10 Å². The van der Waals surface area contributed by atoms with E-state index in [9.17, 15) is 4.79 Å². The summed E-state index contributed by atoms with van der Waals surface area (Å²) in [5.74, 6) is 0.495. The summed E-state index contributed by atoms with van der Waals surface area (Å²) in [5, 5.41) is 10.8. The predicted molar refractivity (Wildman–Crippen MR) is 94.5 cm³/mol. The van der Waals surface area contributed by atoms with E-state index in [1.54, 1.807) is 17.1 Å². The largest absolute Gasteiger partial charge is 0.468 e. The Balaban J connectivity index is 1.92. The number of carbonyl (C=O) groups excluding carboxylic acids is 1. The van der Waals surface area contributed by atoms with Crippen LogP contribution in [0.15, 0.2) is 29.0 Å². The number of rotatable bonds is 11. The van der Waals surface area contributed by atoms with Crippen LogP contribution in [0.2, 0.25) is 0 Å². The van der Waals surface area contributed by atoms with Crippen LogP contribution in [-0.4, -0.2) is 65.9 Å². The van der Waals surface area contributed by atoms with Crippen LogP contribution in [0, 0.1) is 0 Å². The molecule has 0 fully saturated rings. The summed E-state index contributed by atoms with van der Waals surface area (Å²) >= 11 is 0. The average Bonchev–Trinajstić information content (AvgIpc) is 3.27. The highest BCUT2D eigenvalue weighted by atomic mass is 16.7. The zero-order chi connectivity index (χ0) is 18.9. The van der Waals surface area contributed by atoms with Crippen molar-refractivity contribution in [3.05, 3.63) is 36.0 Å². The Morgan fingerprint density at radius 2 is 2.08 bits per heavy atom. The number of nitrogens with one attached hydrogen (secondary N) is 1. The van der Waals surface area contributed by atoms with E-state index < -0.39 is 6.29 Å². The number of carbonyl (C=O) groups is 1. The first kappa shape index (κ1) is 20.1. The summed E-state index contributed by atoms with van der Waals surface area (Å²) in [7, 11) is 3.86. The maximum absolute atomic E-state index is 12.4. The quantitative estimate of drug-likeness (QED) is 0.600. The van der Waals surface area contributed by atoms with Gasteiger partial charge in [-0.3, -0.25) is 9.69 Å². The van der Waals surface area contributed by atoms with Gasteiger partial charge in [0.2, 0.25) is 0 Å². The van der Waals surface area contributed by atoms with Crippen LogP contribution in [0.3, 0.4) is 0 Å². The van der Waals surface area contributed by atoms with Gasteiger partial charge in [-0.2, -0.15) is 0 Å². The second kappa shape index (κ2) is 10.0. The van der Waals surface area contributed by atoms with E-state index in [4.69, 9.17) is 13.9 Å². The van der Waals surface area contributed by atoms with E-state index in [0.29, 0.717) is 26.3 Å². The first-order valence-corrected chi connectivity index (χ1v) is 8.66. The van der Waals surface area contributed by atoms with Crippen molar-refractivity contribution in [1.82, 2.24) is 25.2 Å². The van der Waals surface area contributed by atoms with Gasteiger partial charge in [-0.1, -0.05) is 5.21 Å². The molecule has 9 heteroatoms. The Kier molecular flexibility index (Phi) is 7.76. The number of aromatic nitrogens is 3. The lowest BCUT2D eigenvalue weighted by molar-refractivity contribution is -0.145. The van der Waals surface area contributed by atoms with E-state index in [1.807, 2.05) is 45.0 Å². The summed E-state index contributed by atoms with van der Waals surface area (Å²) < 4.78 is 17.9. The molecule has 0 saturated heterocycles. The van der Waals surface area contributed by atoms with E-state index >= 15 is 0 Å². The van der Waals surface area contributed by atoms with Gasteiger partial charge in [0.1, 0.15) is 5.76 Å². The Labute approximate surface area is 153 Å². The first-order valence-electron chi connectivity index (χ1n) is 8.66. The Bertz CT molecular complexity index is 650. The van der Waals surface area contributed by atoms with Crippen molar-refractivity contribution < 1.29 is 18.7 Å². The number of amides is 1. The molecule has 0 aliphatic heterocycles. The highest BCUT2D eigenvalue weighted by Gasteiger charge is 2.20. The third-order valence-electron chi connectivity index (χ3n) is 3.76. The van der Waals surface area contributed by atoms with E-state index in [0.717, 1.165) is 5.76 Å². The number of hydrogen-bond donors (Lipinski definition) is 1. The van der Waals surface area contributed by atoms with E-state index in [-0.39, 0.29) is 17.6 Å². The molecule has 1 N–H and O–H groups in total. The molecular formula is C17H27N5O4. The fraction of sp³-hybridized carbons (Fsp3) is 0.588. The minimum Gasteiger partial charge on any atom is -0.468 e. The zero-order valence-corrected chi connectivity index (χ0v) is 15.7. The van der Waals surface area contributed by atoms with E-state index in [2.05, 4.69) is 15.6 Å². The smallest absolute Gasteiger partial charge is 0.273 e. The average molecular weight is 365 g/mol. The van der Waals surface area contributed by atoms with Crippen LogP contribution in [0.5, 0.6) is 0 Å².